The van der Waals surface area contributed by atoms with E-state index in [1.165, 1.54) is 0 Å². The summed E-state index contributed by atoms with van der Waals surface area (Å²) in [7, 11) is 1.73. The third-order valence-corrected chi connectivity index (χ3v) is 2.95. The fourth-order valence-corrected chi connectivity index (χ4v) is 1.92. The summed E-state index contributed by atoms with van der Waals surface area (Å²) in [5.74, 6) is -0.469. The molecular formula is C11H19NO4. The summed E-state index contributed by atoms with van der Waals surface area (Å²) in [5.41, 5.74) is 0. The van der Waals surface area contributed by atoms with E-state index in [-0.39, 0.29) is 24.9 Å². The summed E-state index contributed by atoms with van der Waals surface area (Å²) in [4.78, 5) is 23.5. The Bertz CT molecular complexity index is 261. The van der Waals surface area contributed by atoms with Crippen LogP contribution >= 0.6 is 0 Å². The Morgan fingerprint density at radius 2 is 1.94 bits per heavy atom. The molecule has 0 saturated heterocycles. The van der Waals surface area contributed by atoms with Gasteiger partial charge in [0.1, 0.15) is 0 Å². The Labute approximate surface area is 95.1 Å². The number of aliphatic hydroxyl groups excluding tert-OH is 1. The van der Waals surface area contributed by atoms with Gasteiger partial charge in [-0.2, -0.15) is 0 Å². The number of hydrogen-bond donors (Lipinski definition) is 2. The van der Waals surface area contributed by atoms with Crippen LogP contribution < -0.4 is 0 Å². The van der Waals surface area contributed by atoms with Gasteiger partial charge in [-0.3, -0.25) is 9.59 Å². The van der Waals surface area contributed by atoms with E-state index >= 15 is 0 Å². The lowest BCUT2D eigenvalue weighted by Crippen LogP contribution is -2.39. The molecule has 1 aliphatic rings. The Kier molecular flexibility index (Phi) is 4.73. The van der Waals surface area contributed by atoms with Gasteiger partial charge in [0.05, 0.1) is 6.10 Å². The Morgan fingerprint density at radius 3 is 2.44 bits per heavy atom. The van der Waals surface area contributed by atoms with Crippen LogP contribution in [0.3, 0.4) is 0 Å². The SMILES string of the molecule is CN(CC1CC(O)C1)C(=O)CCCC(=O)O. The number of carboxylic acid groups (broad SMARTS) is 1. The number of carbonyl (C=O) groups is 2. The number of amides is 1. The molecule has 0 heterocycles. The molecule has 0 radical (unpaired) electrons. The van der Waals surface area contributed by atoms with Crippen LogP contribution in [-0.4, -0.2) is 46.7 Å². The van der Waals surface area contributed by atoms with Crippen LogP contribution in [0, 0.1) is 5.92 Å². The van der Waals surface area contributed by atoms with Crippen molar-refractivity contribution in [3.05, 3.63) is 0 Å². The van der Waals surface area contributed by atoms with Crippen molar-refractivity contribution in [3.63, 3.8) is 0 Å². The molecule has 0 spiro atoms. The minimum atomic E-state index is -0.863. The molecule has 0 bridgehead atoms. The third kappa shape index (κ3) is 4.18. The molecular weight excluding hydrogens is 210 g/mol. The predicted octanol–water partition coefficient (Wildman–Crippen LogP) is 0.471. The molecule has 0 atom stereocenters. The molecule has 5 nitrogen and oxygen atoms in total. The van der Waals surface area contributed by atoms with Crippen LogP contribution in [0.25, 0.3) is 0 Å². The lowest BCUT2D eigenvalue weighted by molar-refractivity contribution is -0.137. The first-order valence-electron chi connectivity index (χ1n) is 5.63. The van der Waals surface area contributed by atoms with Crippen LogP contribution in [0.1, 0.15) is 32.1 Å². The highest BCUT2D eigenvalue weighted by Gasteiger charge is 2.28. The fraction of sp³-hybridized carbons (Fsp3) is 0.818. The first-order valence-corrected chi connectivity index (χ1v) is 5.63. The maximum absolute atomic E-state index is 11.6. The average Bonchev–Trinajstić information content (AvgIpc) is 2.14. The van der Waals surface area contributed by atoms with Crippen molar-refractivity contribution in [2.24, 2.45) is 5.92 Å². The van der Waals surface area contributed by atoms with E-state index < -0.39 is 5.97 Å². The Morgan fingerprint density at radius 1 is 1.31 bits per heavy atom. The number of hydrogen-bond acceptors (Lipinski definition) is 3. The van der Waals surface area contributed by atoms with Crippen molar-refractivity contribution in [1.82, 2.24) is 4.90 Å². The second-order valence-corrected chi connectivity index (χ2v) is 4.51. The molecule has 92 valence electrons. The van der Waals surface area contributed by atoms with Crippen molar-refractivity contribution < 1.29 is 19.8 Å². The zero-order chi connectivity index (χ0) is 12.1. The summed E-state index contributed by atoms with van der Waals surface area (Å²) in [6.45, 7) is 0.670. The molecule has 0 aromatic carbocycles. The highest BCUT2D eigenvalue weighted by Crippen LogP contribution is 2.27. The normalized spacial score (nSPS) is 23.6. The van der Waals surface area contributed by atoms with Crippen molar-refractivity contribution in [1.29, 1.82) is 0 Å². The second-order valence-electron chi connectivity index (χ2n) is 4.51. The number of aliphatic hydroxyl groups is 1. The van der Waals surface area contributed by atoms with Crippen LogP contribution in [-0.2, 0) is 9.59 Å². The quantitative estimate of drug-likeness (QED) is 0.694. The van der Waals surface area contributed by atoms with Gasteiger partial charge in [0.2, 0.25) is 5.91 Å². The lowest BCUT2D eigenvalue weighted by atomic mass is 9.82. The zero-order valence-corrected chi connectivity index (χ0v) is 9.56. The lowest BCUT2D eigenvalue weighted by Gasteiger charge is -2.34. The molecule has 5 heteroatoms. The van der Waals surface area contributed by atoms with E-state index in [1.54, 1.807) is 11.9 Å². The number of carbonyl (C=O) groups excluding carboxylic acids is 1. The van der Waals surface area contributed by atoms with Crippen LogP contribution in [0.2, 0.25) is 0 Å². The topological polar surface area (TPSA) is 77.8 Å². The Balaban J connectivity index is 2.13. The van der Waals surface area contributed by atoms with E-state index in [9.17, 15) is 9.59 Å². The van der Waals surface area contributed by atoms with Gasteiger partial charge in [-0.15, -0.1) is 0 Å². The molecule has 0 aliphatic heterocycles. The van der Waals surface area contributed by atoms with E-state index in [0.29, 0.717) is 18.9 Å². The zero-order valence-electron chi connectivity index (χ0n) is 9.56. The minimum Gasteiger partial charge on any atom is -0.481 e. The van der Waals surface area contributed by atoms with E-state index in [2.05, 4.69) is 0 Å². The average molecular weight is 229 g/mol. The largest absolute Gasteiger partial charge is 0.481 e. The highest BCUT2D eigenvalue weighted by molar-refractivity contribution is 5.76. The number of nitrogens with zero attached hydrogens (tertiary/aromatic N) is 1. The summed E-state index contributed by atoms with van der Waals surface area (Å²) < 4.78 is 0. The van der Waals surface area contributed by atoms with E-state index in [1.807, 2.05) is 0 Å². The van der Waals surface area contributed by atoms with Crippen LogP contribution in [0.4, 0.5) is 0 Å². The van der Waals surface area contributed by atoms with E-state index in [0.717, 1.165) is 12.8 Å². The molecule has 1 saturated carbocycles. The summed E-state index contributed by atoms with van der Waals surface area (Å²) >= 11 is 0. The Hall–Kier alpha value is -1.10. The summed E-state index contributed by atoms with van der Waals surface area (Å²) in [6, 6.07) is 0. The second kappa shape index (κ2) is 5.84. The number of aliphatic carboxylic acids is 1. The fourth-order valence-electron chi connectivity index (χ4n) is 1.92. The standard InChI is InChI=1S/C11H19NO4/c1-12(7-8-5-9(13)6-8)10(14)3-2-4-11(15)16/h8-9,13H,2-7H2,1H3,(H,15,16). The molecule has 0 unspecified atom stereocenters. The molecule has 1 fully saturated rings. The van der Waals surface area contributed by atoms with Gasteiger partial charge in [0.15, 0.2) is 0 Å². The molecule has 16 heavy (non-hydrogen) atoms. The van der Waals surface area contributed by atoms with Gasteiger partial charge in [0, 0.05) is 26.4 Å². The first kappa shape index (κ1) is 13.0. The third-order valence-electron chi connectivity index (χ3n) is 2.95. The van der Waals surface area contributed by atoms with Gasteiger partial charge < -0.3 is 15.1 Å². The van der Waals surface area contributed by atoms with Crippen LogP contribution in [0.15, 0.2) is 0 Å². The number of carboxylic acids is 1. The summed E-state index contributed by atoms with van der Waals surface area (Å²) in [6.07, 6.45) is 2.07. The van der Waals surface area contributed by atoms with Gasteiger partial charge in [-0.05, 0) is 25.2 Å². The van der Waals surface area contributed by atoms with Crippen LogP contribution in [0.5, 0.6) is 0 Å². The summed E-state index contributed by atoms with van der Waals surface area (Å²) in [5, 5.41) is 17.5. The van der Waals surface area contributed by atoms with Gasteiger partial charge in [-0.1, -0.05) is 0 Å². The molecule has 0 aromatic rings. The molecule has 0 aromatic heterocycles. The molecule has 1 aliphatic carbocycles. The maximum atomic E-state index is 11.6. The predicted molar refractivity (Wildman–Crippen MR) is 57.9 cm³/mol. The first-order chi connectivity index (χ1) is 7.49. The van der Waals surface area contributed by atoms with Gasteiger partial charge in [-0.25, -0.2) is 0 Å². The number of rotatable bonds is 6. The minimum absolute atomic E-state index is 0.0114. The maximum Gasteiger partial charge on any atom is 0.303 e. The van der Waals surface area contributed by atoms with E-state index in [4.69, 9.17) is 10.2 Å². The molecule has 1 rings (SSSR count). The molecule has 2 N–H and O–H groups in total. The van der Waals surface area contributed by atoms with Gasteiger partial charge in [0.25, 0.3) is 0 Å². The van der Waals surface area contributed by atoms with Crippen molar-refractivity contribution in [3.8, 4) is 0 Å². The van der Waals surface area contributed by atoms with Crippen molar-refractivity contribution in [2.45, 2.75) is 38.2 Å². The van der Waals surface area contributed by atoms with Gasteiger partial charge >= 0.3 is 5.97 Å². The highest BCUT2D eigenvalue weighted by atomic mass is 16.4. The smallest absolute Gasteiger partial charge is 0.303 e. The van der Waals surface area contributed by atoms with Crippen molar-refractivity contribution in [2.75, 3.05) is 13.6 Å². The van der Waals surface area contributed by atoms with Crippen molar-refractivity contribution >= 4 is 11.9 Å². The monoisotopic (exact) mass is 229 g/mol. The molecule has 1 amide bonds.